The smallest absolute Gasteiger partial charge is 0.265 e. The molecule has 3 aliphatic rings. The van der Waals surface area contributed by atoms with Gasteiger partial charge >= 0.3 is 0 Å². The van der Waals surface area contributed by atoms with E-state index in [0.717, 1.165) is 12.3 Å². The summed E-state index contributed by atoms with van der Waals surface area (Å²) in [6.07, 6.45) is 1.85. The molecule has 4 aromatic rings. The van der Waals surface area contributed by atoms with Crippen molar-refractivity contribution in [2.24, 2.45) is 11.3 Å². The molecule has 1 aromatic carbocycles. The maximum atomic E-state index is 16.2. The fourth-order valence-electron chi connectivity index (χ4n) is 7.20. The number of amides is 1. The summed E-state index contributed by atoms with van der Waals surface area (Å²) < 4.78 is 57.1. The van der Waals surface area contributed by atoms with Crippen LogP contribution in [0.15, 0.2) is 36.7 Å². The Kier molecular flexibility index (Phi) is 8.12. The highest BCUT2D eigenvalue weighted by molar-refractivity contribution is 6.00. The summed E-state index contributed by atoms with van der Waals surface area (Å²) in [5, 5.41) is 15.8. The minimum Gasteiger partial charge on any atom is -0.482 e. The van der Waals surface area contributed by atoms with Crippen LogP contribution in [0.5, 0.6) is 5.75 Å². The van der Waals surface area contributed by atoms with Crippen molar-refractivity contribution in [3.05, 3.63) is 65.2 Å². The second kappa shape index (κ2) is 12.2. The predicted octanol–water partition coefficient (Wildman–Crippen LogP) is 5.39. The molecule has 0 radical (unpaired) electrons. The van der Waals surface area contributed by atoms with E-state index in [0.29, 0.717) is 71.0 Å². The number of piperidine rings is 1. The molecule has 6 heterocycles. The molecular weight excluding hydrogens is 623 g/mol. The van der Waals surface area contributed by atoms with E-state index in [-0.39, 0.29) is 37.4 Å². The van der Waals surface area contributed by atoms with Gasteiger partial charge in [0.05, 0.1) is 66.9 Å². The first-order valence-corrected chi connectivity index (χ1v) is 16.1. The van der Waals surface area contributed by atoms with Crippen molar-refractivity contribution in [3.8, 4) is 22.9 Å². The molecule has 13 heteroatoms. The first-order valence-electron chi connectivity index (χ1n) is 16.1. The van der Waals surface area contributed by atoms with Gasteiger partial charge in [-0.05, 0) is 30.0 Å². The summed E-state index contributed by atoms with van der Waals surface area (Å²) in [4.78, 5) is 25.2. The molecule has 0 aliphatic carbocycles. The van der Waals surface area contributed by atoms with Crippen molar-refractivity contribution in [1.82, 2.24) is 24.6 Å². The number of nitriles is 1. The molecule has 2 fully saturated rings. The SMILES string of the molecule is CC(C)Cc1nc2c(cnn2C2C(F)CN(C3COC3)CC2(C)C)c(-c2ccc3c(c2)OCC(=O)N3Cc2ncc(F)cc2F)c1C#N. The van der Waals surface area contributed by atoms with E-state index < -0.39 is 35.2 Å². The van der Waals surface area contributed by atoms with E-state index in [1.807, 2.05) is 27.7 Å². The van der Waals surface area contributed by atoms with Gasteiger partial charge in [0.15, 0.2) is 12.3 Å². The van der Waals surface area contributed by atoms with Crippen LogP contribution in [0.1, 0.15) is 50.7 Å². The first-order chi connectivity index (χ1) is 22.9. The summed E-state index contributed by atoms with van der Waals surface area (Å²) in [6.45, 7) is 9.80. The van der Waals surface area contributed by atoms with Crippen molar-refractivity contribution >= 4 is 22.6 Å². The number of carbonyl (C=O) groups is 1. The zero-order chi connectivity index (χ0) is 33.9. The van der Waals surface area contributed by atoms with Crippen LogP contribution in [0.3, 0.4) is 0 Å². The van der Waals surface area contributed by atoms with Crippen molar-refractivity contribution < 1.29 is 27.4 Å². The van der Waals surface area contributed by atoms with Crippen LogP contribution in [0, 0.1) is 34.3 Å². The Bertz CT molecular complexity index is 1950. The fraction of sp³-hybridized carbons (Fsp3) is 0.457. The Morgan fingerprint density at radius 2 is 1.94 bits per heavy atom. The number of anilines is 1. The Hall–Kier alpha value is -4.54. The molecule has 3 aromatic heterocycles. The van der Waals surface area contributed by atoms with Gasteiger partial charge in [-0.1, -0.05) is 33.8 Å². The highest BCUT2D eigenvalue weighted by Crippen LogP contribution is 2.45. The number of pyridine rings is 2. The zero-order valence-electron chi connectivity index (χ0n) is 27.2. The van der Waals surface area contributed by atoms with E-state index in [1.165, 1.54) is 4.90 Å². The van der Waals surface area contributed by atoms with E-state index in [4.69, 9.17) is 19.6 Å². The van der Waals surface area contributed by atoms with Gasteiger partial charge in [0.25, 0.3) is 5.91 Å². The number of hydrogen-bond acceptors (Lipinski definition) is 8. The molecule has 2 unspecified atom stereocenters. The molecule has 0 saturated carbocycles. The van der Waals surface area contributed by atoms with Crippen molar-refractivity contribution in [3.63, 3.8) is 0 Å². The van der Waals surface area contributed by atoms with Crippen LogP contribution in [-0.4, -0.2) is 75.7 Å². The third-order valence-corrected chi connectivity index (χ3v) is 9.48. The van der Waals surface area contributed by atoms with Gasteiger partial charge in [-0.25, -0.2) is 22.8 Å². The van der Waals surface area contributed by atoms with Gasteiger partial charge in [0.1, 0.15) is 29.6 Å². The lowest BCUT2D eigenvalue weighted by Crippen LogP contribution is -2.60. The molecule has 0 N–H and O–H groups in total. The largest absolute Gasteiger partial charge is 0.482 e. The van der Waals surface area contributed by atoms with Crippen molar-refractivity contribution in [1.29, 1.82) is 5.26 Å². The quantitative estimate of drug-likeness (QED) is 0.260. The summed E-state index contributed by atoms with van der Waals surface area (Å²) in [5.41, 5.74) is 2.48. The molecule has 7 rings (SSSR count). The second-order valence-corrected chi connectivity index (χ2v) is 13.9. The molecule has 0 bridgehead atoms. The Balaban J connectivity index is 1.33. The summed E-state index contributed by atoms with van der Waals surface area (Å²) in [6, 6.07) is 7.87. The molecule has 3 aliphatic heterocycles. The number of halogens is 3. The Labute approximate surface area is 276 Å². The lowest BCUT2D eigenvalue weighted by molar-refractivity contribution is -0.121. The minimum absolute atomic E-state index is 0.0871. The molecule has 1 amide bonds. The van der Waals surface area contributed by atoms with Crippen LogP contribution in [0.25, 0.3) is 22.2 Å². The predicted molar refractivity (Wildman–Crippen MR) is 171 cm³/mol. The third-order valence-electron chi connectivity index (χ3n) is 9.48. The number of rotatable bonds is 7. The van der Waals surface area contributed by atoms with Crippen LogP contribution in [0.4, 0.5) is 18.9 Å². The number of carbonyl (C=O) groups excluding carboxylic acids is 1. The standard InChI is InChI=1S/C35H36F3N7O3/c1-19(2)7-27-23(10-39)32(20-5-6-29-30(8-20)48-17-31(46)44(29)14-28-25(37)9-21(36)11-40-28)24-12-41-45(34(24)42-27)33-26(38)13-43(18-35(33,3)4)22-15-47-16-22/h5-6,8-9,11-12,19,22,26,33H,7,13-18H2,1-4H3. The van der Waals surface area contributed by atoms with Crippen molar-refractivity contribution in [2.75, 3.05) is 37.8 Å². The number of benzene rings is 1. The first kappa shape index (κ1) is 32.0. The molecular formula is C35H36F3N7O3. The van der Waals surface area contributed by atoms with Crippen LogP contribution >= 0.6 is 0 Å². The highest BCUT2D eigenvalue weighted by Gasteiger charge is 2.47. The van der Waals surface area contributed by atoms with Crippen LogP contribution in [0.2, 0.25) is 0 Å². The van der Waals surface area contributed by atoms with Gasteiger partial charge in [-0.15, -0.1) is 0 Å². The molecule has 10 nitrogen and oxygen atoms in total. The minimum atomic E-state index is -1.21. The fourth-order valence-corrected chi connectivity index (χ4v) is 7.20. The van der Waals surface area contributed by atoms with Gasteiger partial charge < -0.3 is 9.47 Å². The van der Waals surface area contributed by atoms with E-state index in [9.17, 15) is 18.8 Å². The summed E-state index contributed by atoms with van der Waals surface area (Å²) in [7, 11) is 0. The van der Waals surface area contributed by atoms with Gasteiger partial charge in [0, 0.05) is 35.5 Å². The van der Waals surface area contributed by atoms with Crippen LogP contribution in [-0.2, 0) is 22.5 Å². The molecule has 250 valence electrons. The average molecular weight is 660 g/mol. The number of nitrogens with zero attached hydrogens (tertiary/aromatic N) is 7. The van der Waals surface area contributed by atoms with Crippen LogP contribution < -0.4 is 9.64 Å². The lowest BCUT2D eigenvalue weighted by atomic mass is 9.77. The monoisotopic (exact) mass is 659 g/mol. The average Bonchev–Trinajstić information content (AvgIpc) is 3.39. The van der Waals surface area contributed by atoms with E-state index in [2.05, 4.69) is 16.0 Å². The van der Waals surface area contributed by atoms with Gasteiger partial charge in [-0.3, -0.25) is 19.6 Å². The number of hydrogen-bond donors (Lipinski definition) is 0. The second-order valence-electron chi connectivity index (χ2n) is 13.9. The number of ether oxygens (including phenoxy) is 2. The lowest BCUT2D eigenvalue weighted by Gasteiger charge is -2.50. The zero-order valence-corrected chi connectivity index (χ0v) is 27.2. The third kappa shape index (κ3) is 5.56. The highest BCUT2D eigenvalue weighted by atomic mass is 19.1. The number of aromatic nitrogens is 4. The Morgan fingerprint density at radius 3 is 2.60 bits per heavy atom. The topological polar surface area (TPSA) is 109 Å². The van der Waals surface area contributed by atoms with E-state index >= 15 is 4.39 Å². The molecule has 48 heavy (non-hydrogen) atoms. The maximum absolute atomic E-state index is 16.2. The number of alkyl halides is 1. The number of fused-ring (bicyclic) bond motifs is 2. The number of likely N-dealkylation sites (tertiary alicyclic amines) is 1. The Morgan fingerprint density at radius 1 is 1.15 bits per heavy atom. The van der Waals surface area contributed by atoms with E-state index in [1.54, 1.807) is 29.1 Å². The van der Waals surface area contributed by atoms with Gasteiger partial charge in [-0.2, -0.15) is 10.4 Å². The van der Waals surface area contributed by atoms with Gasteiger partial charge in [0.2, 0.25) is 0 Å². The molecule has 2 atom stereocenters. The molecule has 2 saturated heterocycles. The summed E-state index contributed by atoms with van der Waals surface area (Å²) in [5.74, 6) is -1.56. The maximum Gasteiger partial charge on any atom is 0.265 e. The van der Waals surface area contributed by atoms with Crippen molar-refractivity contribution in [2.45, 2.75) is 58.9 Å². The molecule has 0 spiro atoms. The summed E-state index contributed by atoms with van der Waals surface area (Å²) >= 11 is 0. The normalized spacial score (nSPS) is 21.2.